The van der Waals surface area contributed by atoms with Gasteiger partial charge in [0.15, 0.2) is 0 Å². The fourth-order valence-electron chi connectivity index (χ4n) is 2.39. The molecule has 0 bridgehead atoms. The van der Waals surface area contributed by atoms with Crippen LogP contribution in [0.3, 0.4) is 0 Å². The summed E-state index contributed by atoms with van der Waals surface area (Å²) in [6.07, 6.45) is 7.97. The van der Waals surface area contributed by atoms with Crippen molar-refractivity contribution in [3.63, 3.8) is 0 Å². The minimum atomic E-state index is -0.0598. The van der Waals surface area contributed by atoms with Gasteiger partial charge in [-0.3, -0.25) is 0 Å². The molecule has 2 unspecified atom stereocenters. The minimum Gasteiger partial charge on any atom is -0.338 e. The van der Waals surface area contributed by atoms with Gasteiger partial charge in [0.25, 0.3) is 0 Å². The zero-order valence-corrected chi connectivity index (χ0v) is 12.4. The van der Waals surface area contributed by atoms with E-state index >= 15 is 0 Å². The van der Waals surface area contributed by atoms with E-state index in [1.54, 1.807) is 11.8 Å². The molecule has 2 rings (SSSR count). The molecule has 5 nitrogen and oxygen atoms in total. The Hall–Kier alpha value is -1.17. The van der Waals surface area contributed by atoms with Crippen LogP contribution in [-0.4, -0.2) is 40.2 Å². The molecule has 0 radical (unpaired) electrons. The zero-order valence-electron chi connectivity index (χ0n) is 11.6. The van der Waals surface area contributed by atoms with Gasteiger partial charge in [-0.05, 0) is 25.5 Å². The number of carbonyl (C=O) groups excluding carboxylic acids is 1. The van der Waals surface area contributed by atoms with Crippen molar-refractivity contribution >= 4 is 17.8 Å². The van der Waals surface area contributed by atoms with E-state index in [0.29, 0.717) is 5.92 Å². The highest BCUT2D eigenvalue weighted by Gasteiger charge is 2.19. The second-order valence-corrected chi connectivity index (χ2v) is 6.02. The molecule has 106 valence electrons. The Morgan fingerprint density at radius 2 is 2.53 bits per heavy atom. The average Bonchev–Trinajstić information content (AvgIpc) is 2.83. The maximum Gasteiger partial charge on any atom is 0.315 e. The number of rotatable bonds is 5. The molecule has 2 heterocycles. The largest absolute Gasteiger partial charge is 0.338 e. The highest BCUT2D eigenvalue weighted by atomic mass is 32.2. The first-order valence-electron chi connectivity index (χ1n) is 6.72. The normalized spacial score (nSPS) is 19.6. The quantitative estimate of drug-likeness (QED) is 0.860. The summed E-state index contributed by atoms with van der Waals surface area (Å²) in [5.74, 6) is 2.57. The Kier molecular flexibility index (Phi) is 5.13. The van der Waals surface area contributed by atoms with E-state index in [-0.39, 0.29) is 12.1 Å². The number of hydrogen-bond donors (Lipinski definition) is 2. The predicted octanol–water partition coefficient (Wildman–Crippen LogP) is 1.50. The van der Waals surface area contributed by atoms with E-state index in [2.05, 4.69) is 20.2 Å². The molecule has 2 atom stereocenters. The average molecular weight is 282 g/mol. The number of hydrogen-bond acceptors (Lipinski definition) is 3. The van der Waals surface area contributed by atoms with Crippen LogP contribution in [0, 0.1) is 5.92 Å². The number of carbonyl (C=O) groups is 1. The number of aryl methyl sites for hydroxylation is 1. The third-order valence-corrected chi connectivity index (χ3v) is 4.23. The van der Waals surface area contributed by atoms with E-state index in [4.69, 9.17) is 0 Å². The van der Waals surface area contributed by atoms with E-state index in [0.717, 1.165) is 37.5 Å². The third kappa shape index (κ3) is 4.16. The van der Waals surface area contributed by atoms with Crippen LogP contribution in [0.2, 0.25) is 0 Å². The third-order valence-electron chi connectivity index (χ3n) is 3.40. The van der Waals surface area contributed by atoms with Crippen molar-refractivity contribution in [1.29, 1.82) is 0 Å². The van der Waals surface area contributed by atoms with Crippen LogP contribution in [-0.2, 0) is 13.0 Å². The van der Waals surface area contributed by atoms with Crippen LogP contribution >= 0.6 is 11.8 Å². The van der Waals surface area contributed by atoms with Gasteiger partial charge in [0.2, 0.25) is 0 Å². The molecule has 1 aliphatic rings. The molecule has 0 fully saturated rings. The molecule has 1 aliphatic heterocycles. The number of urea groups is 1. The molecule has 0 spiro atoms. The Balaban J connectivity index is 1.70. The topological polar surface area (TPSA) is 59.0 Å². The van der Waals surface area contributed by atoms with Gasteiger partial charge in [-0.2, -0.15) is 11.8 Å². The summed E-state index contributed by atoms with van der Waals surface area (Å²) < 4.78 is 2.19. The first kappa shape index (κ1) is 14.2. The number of amides is 2. The lowest BCUT2D eigenvalue weighted by atomic mass is 9.98. The summed E-state index contributed by atoms with van der Waals surface area (Å²) >= 11 is 1.74. The van der Waals surface area contributed by atoms with E-state index in [9.17, 15) is 4.79 Å². The molecular weight excluding hydrogens is 260 g/mol. The summed E-state index contributed by atoms with van der Waals surface area (Å²) in [4.78, 5) is 16.1. The molecule has 2 amide bonds. The monoisotopic (exact) mass is 282 g/mol. The highest BCUT2D eigenvalue weighted by molar-refractivity contribution is 7.98. The van der Waals surface area contributed by atoms with Crippen molar-refractivity contribution in [2.45, 2.75) is 32.4 Å². The van der Waals surface area contributed by atoms with Crippen LogP contribution in [0.1, 0.15) is 19.2 Å². The summed E-state index contributed by atoms with van der Waals surface area (Å²) in [6, 6.07) is 0.149. The van der Waals surface area contributed by atoms with E-state index < -0.39 is 0 Å². The summed E-state index contributed by atoms with van der Waals surface area (Å²) in [6.45, 7) is 3.75. The van der Waals surface area contributed by atoms with Crippen molar-refractivity contribution in [1.82, 2.24) is 20.2 Å². The van der Waals surface area contributed by atoms with Crippen LogP contribution in [0.15, 0.2) is 12.4 Å². The molecule has 1 aromatic heterocycles. The number of fused-ring (bicyclic) bond motifs is 1. The van der Waals surface area contributed by atoms with Crippen molar-refractivity contribution in [3.05, 3.63) is 18.2 Å². The molecule has 1 aromatic rings. The van der Waals surface area contributed by atoms with Gasteiger partial charge in [-0.25, -0.2) is 9.78 Å². The standard InChI is InChI=1S/C13H22N4OS/c1-10(9-19-2)16-13(18)15-8-11-3-5-17-6-4-14-12(17)7-11/h4,6,10-11H,3,5,7-9H2,1-2H3,(H2,15,16,18). The first-order chi connectivity index (χ1) is 9.19. The zero-order chi connectivity index (χ0) is 13.7. The molecule has 19 heavy (non-hydrogen) atoms. The van der Waals surface area contributed by atoms with Crippen LogP contribution in [0.4, 0.5) is 4.79 Å². The van der Waals surface area contributed by atoms with E-state index in [1.807, 2.05) is 25.6 Å². The van der Waals surface area contributed by atoms with Gasteiger partial charge in [0, 0.05) is 43.7 Å². The molecule has 2 N–H and O–H groups in total. The number of nitrogens with one attached hydrogen (secondary N) is 2. The molecule has 0 saturated heterocycles. The number of imidazole rings is 1. The van der Waals surface area contributed by atoms with Gasteiger partial charge in [0.1, 0.15) is 5.82 Å². The molecule has 6 heteroatoms. The van der Waals surface area contributed by atoms with Crippen molar-refractivity contribution in [2.24, 2.45) is 5.92 Å². The van der Waals surface area contributed by atoms with Crippen molar-refractivity contribution in [2.75, 3.05) is 18.6 Å². The molecule has 0 saturated carbocycles. The summed E-state index contributed by atoms with van der Waals surface area (Å²) in [5, 5.41) is 5.91. The van der Waals surface area contributed by atoms with Gasteiger partial charge >= 0.3 is 6.03 Å². The van der Waals surface area contributed by atoms with Crippen LogP contribution in [0.25, 0.3) is 0 Å². The van der Waals surface area contributed by atoms with Crippen molar-refractivity contribution in [3.8, 4) is 0 Å². The Labute approximate surface area is 118 Å². The summed E-state index contributed by atoms with van der Waals surface area (Å²) in [5.41, 5.74) is 0. The van der Waals surface area contributed by atoms with E-state index in [1.165, 1.54) is 0 Å². The Morgan fingerprint density at radius 3 is 3.32 bits per heavy atom. The second kappa shape index (κ2) is 6.84. The number of nitrogens with zero attached hydrogens (tertiary/aromatic N) is 2. The maximum absolute atomic E-state index is 11.7. The maximum atomic E-state index is 11.7. The Bertz CT molecular complexity index is 421. The fourth-order valence-corrected chi connectivity index (χ4v) is 2.98. The minimum absolute atomic E-state index is 0.0598. The summed E-state index contributed by atoms with van der Waals surface area (Å²) in [7, 11) is 0. The number of aromatic nitrogens is 2. The van der Waals surface area contributed by atoms with Gasteiger partial charge < -0.3 is 15.2 Å². The van der Waals surface area contributed by atoms with Gasteiger partial charge in [0.05, 0.1) is 0 Å². The first-order valence-corrected chi connectivity index (χ1v) is 8.11. The second-order valence-electron chi connectivity index (χ2n) is 5.11. The van der Waals surface area contributed by atoms with Crippen LogP contribution < -0.4 is 10.6 Å². The molecule has 0 aromatic carbocycles. The highest BCUT2D eigenvalue weighted by Crippen LogP contribution is 2.18. The number of thioether (sulfide) groups is 1. The lowest BCUT2D eigenvalue weighted by molar-refractivity contribution is 0.235. The lowest BCUT2D eigenvalue weighted by Crippen LogP contribution is -2.44. The lowest BCUT2D eigenvalue weighted by Gasteiger charge is -2.24. The molecule has 0 aliphatic carbocycles. The van der Waals surface area contributed by atoms with Gasteiger partial charge in [-0.15, -0.1) is 0 Å². The predicted molar refractivity (Wildman–Crippen MR) is 78.4 cm³/mol. The molecular formula is C13H22N4OS. The van der Waals surface area contributed by atoms with Crippen LogP contribution in [0.5, 0.6) is 0 Å². The van der Waals surface area contributed by atoms with Gasteiger partial charge in [-0.1, -0.05) is 0 Å². The Morgan fingerprint density at radius 1 is 1.68 bits per heavy atom. The fraction of sp³-hybridized carbons (Fsp3) is 0.692. The smallest absolute Gasteiger partial charge is 0.315 e. The SMILES string of the molecule is CSCC(C)NC(=O)NCC1CCn2ccnc2C1. The van der Waals surface area contributed by atoms with Crippen molar-refractivity contribution < 1.29 is 4.79 Å².